The van der Waals surface area contributed by atoms with Crippen LogP contribution in [0.15, 0.2) is 36.7 Å². The van der Waals surface area contributed by atoms with Crippen molar-refractivity contribution in [1.82, 2.24) is 9.97 Å². The molecular weight excluding hydrogens is 301 g/mol. The number of hydrogen-bond acceptors (Lipinski definition) is 4. The van der Waals surface area contributed by atoms with E-state index in [4.69, 9.17) is 9.84 Å². The zero-order chi connectivity index (χ0) is 16.2. The quantitative estimate of drug-likeness (QED) is 0.917. The third-order valence-corrected chi connectivity index (χ3v) is 2.66. The third kappa shape index (κ3) is 4.18. The average molecular weight is 312 g/mol. The standard InChI is InChI=1S/C14H11F3N2O3/c15-14(16,17)10-3-1-2-4-11(10)22-9-7-18-12(19-8-9)5-6-13(20)21/h1-4,7-8H,5-6H2,(H,20,21). The van der Waals surface area contributed by atoms with E-state index in [1.807, 2.05) is 0 Å². The van der Waals surface area contributed by atoms with E-state index in [9.17, 15) is 18.0 Å². The van der Waals surface area contributed by atoms with E-state index in [0.29, 0.717) is 0 Å². The fraction of sp³-hybridized carbons (Fsp3) is 0.214. The topological polar surface area (TPSA) is 72.3 Å². The van der Waals surface area contributed by atoms with Gasteiger partial charge in [-0.15, -0.1) is 0 Å². The maximum atomic E-state index is 12.8. The summed E-state index contributed by atoms with van der Waals surface area (Å²) in [5, 5.41) is 8.54. The smallest absolute Gasteiger partial charge is 0.419 e. The lowest BCUT2D eigenvalue weighted by Crippen LogP contribution is -2.07. The lowest BCUT2D eigenvalue weighted by molar-refractivity contribution is -0.139. The molecule has 0 radical (unpaired) electrons. The van der Waals surface area contributed by atoms with Gasteiger partial charge in [0.25, 0.3) is 0 Å². The summed E-state index contributed by atoms with van der Waals surface area (Å²) in [6.45, 7) is 0. The van der Waals surface area contributed by atoms with Crippen LogP contribution < -0.4 is 4.74 Å². The Kier molecular flexibility index (Phi) is 4.59. The van der Waals surface area contributed by atoms with Crippen molar-refractivity contribution < 1.29 is 27.8 Å². The number of aromatic nitrogens is 2. The van der Waals surface area contributed by atoms with Crippen LogP contribution >= 0.6 is 0 Å². The van der Waals surface area contributed by atoms with Crippen LogP contribution in [0.3, 0.4) is 0 Å². The number of alkyl halides is 3. The molecule has 1 heterocycles. The van der Waals surface area contributed by atoms with Gasteiger partial charge < -0.3 is 9.84 Å². The third-order valence-electron chi connectivity index (χ3n) is 2.66. The van der Waals surface area contributed by atoms with Crippen LogP contribution in [0, 0.1) is 0 Å². The van der Waals surface area contributed by atoms with E-state index in [0.717, 1.165) is 6.07 Å². The lowest BCUT2D eigenvalue weighted by atomic mass is 10.2. The van der Waals surface area contributed by atoms with E-state index in [-0.39, 0.29) is 30.2 Å². The first-order valence-electron chi connectivity index (χ1n) is 6.23. The monoisotopic (exact) mass is 312 g/mol. The average Bonchev–Trinajstić information content (AvgIpc) is 2.46. The number of carboxylic acids is 1. The zero-order valence-electron chi connectivity index (χ0n) is 11.2. The first kappa shape index (κ1) is 15.7. The molecule has 0 saturated heterocycles. The minimum atomic E-state index is -4.53. The summed E-state index contributed by atoms with van der Waals surface area (Å²) >= 11 is 0. The second kappa shape index (κ2) is 6.42. The molecule has 2 aromatic rings. The maximum absolute atomic E-state index is 12.8. The van der Waals surface area contributed by atoms with Gasteiger partial charge in [-0.1, -0.05) is 12.1 Å². The first-order chi connectivity index (χ1) is 10.4. The van der Waals surface area contributed by atoms with Gasteiger partial charge in [-0.25, -0.2) is 9.97 Å². The van der Waals surface area contributed by atoms with Crippen LogP contribution in [0.2, 0.25) is 0 Å². The molecule has 0 aliphatic carbocycles. The van der Waals surface area contributed by atoms with Crippen molar-refractivity contribution in [1.29, 1.82) is 0 Å². The summed E-state index contributed by atoms with van der Waals surface area (Å²) in [7, 11) is 0. The molecule has 0 saturated carbocycles. The van der Waals surface area contributed by atoms with Crippen molar-refractivity contribution in [3.8, 4) is 11.5 Å². The molecule has 1 aromatic heterocycles. The summed E-state index contributed by atoms with van der Waals surface area (Å²) in [5.41, 5.74) is -0.898. The van der Waals surface area contributed by atoms with Crippen LogP contribution in [0.5, 0.6) is 11.5 Å². The van der Waals surface area contributed by atoms with Gasteiger partial charge in [0.15, 0.2) is 5.75 Å². The number of carbonyl (C=O) groups is 1. The van der Waals surface area contributed by atoms with E-state index in [1.54, 1.807) is 0 Å². The molecule has 0 aliphatic heterocycles. The lowest BCUT2D eigenvalue weighted by Gasteiger charge is -2.13. The highest BCUT2D eigenvalue weighted by Crippen LogP contribution is 2.37. The van der Waals surface area contributed by atoms with Gasteiger partial charge >= 0.3 is 12.1 Å². The number of carboxylic acid groups (broad SMARTS) is 1. The molecule has 1 N–H and O–H groups in total. The van der Waals surface area contributed by atoms with Gasteiger partial charge in [-0.2, -0.15) is 13.2 Å². The molecule has 5 nitrogen and oxygen atoms in total. The maximum Gasteiger partial charge on any atom is 0.419 e. The Labute approximate surface area is 123 Å². The van der Waals surface area contributed by atoms with E-state index in [1.165, 1.54) is 30.6 Å². The van der Waals surface area contributed by atoms with Crippen molar-refractivity contribution in [3.05, 3.63) is 48.0 Å². The van der Waals surface area contributed by atoms with Gasteiger partial charge in [0, 0.05) is 6.42 Å². The number of ether oxygens (including phenoxy) is 1. The highest BCUT2D eigenvalue weighted by atomic mass is 19.4. The van der Waals surface area contributed by atoms with E-state index in [2.05, 4.69) is 9.97 Å². The molecule has 1 aromatic carbocycles. The molecule has 0 spiro atoms. The van der Waals surface area contributed by atoms with Gasteiger partial charge in [0.1, 0.15) is 11.6 Å². The highest BCUT2D eigenvalue weighted by molar-refractivity contribution is 5.66. The number of halogens is 3. The van der Waals surface area contributed by atoms with Crippen LogP contribution in [-0.4, -0.2) is 21.0 Å². The van der Waals surface area contributed by atoms with Crippen LogP contribution in [-0.2, 0) is 17.4 Å². The second-order valence-corrected chi connectivity index (χ2v) is 4.32. The number of nitrogens with zero attached hydrogens (tertiary/aromatic N) is 2. The first-order valence-corrected chi connectivity index (χ1v) is 6.23. The summed E-state index contributed by atoms with van der Waals surface area (Å²) in [6, 6.07) is 4.80. The second-order valence-electron chi connectivity index (χ2n) is 4.32. The van der Waals surface area contributed by atoms with Crippen molar-refractivity contribution in [2.24, 2.45) is 0 Å². The molecular formula is C14H11F3N2O3. The minimum absolute atomic E-state index is 0.0378. The van der Waals surface area contributed by atoms with Gasteiger partial charge in [0.2, 0.25) is 0 Å². The number of rotatable bonds is 5. The molecule has 116 valence electrons. The Morgan fingerprint density at radius 1 is 1.18 bits per heavy atom. The molecule has 22 heavy (non-hydrogen) atoms. The summed E-state index contributed by atoms with van der Waals surface area (Å²) < 4.78 is 43.6. The summed E-state index contributed by atoms with van der Waals surface area (Å²) in [5.74, 6) is -1.02. The number of para-hydroxylation sites is 1. The van der Waals surface area contributed by atoms with Crippen LogP contribution in [0.4, 0.5) is 13.2 Å². The van der Waals surface area contributed by atoms with Gasteiger partial charge in [-0.3, -0.25) is 4.79 Å². The van der Waals surface area contributed by atoms with Gasteiger partial charge in [0.05, 0.1) is 24.4 Å². The summed E-state index contributed by atoms with van der Waals surface area (Å²) in [4.78, 5) is 18.1. The SMILES string of the molecule is O=C(O)CCc1ncc(Oc2ccccc2C(F)(F)F)cn1. The van der Waals surface area contributed by atoms with Crippen molar-refractivity contribution in [3.63, 3.8) is 0 Å². The molecule has 8 heteroatoms. The predicted molar refractivity (Wildman–Crippen MR) is 69.5 cm³/mol. The van der Waals surface area contributed by atoms with Crippen LogP contribution in [0.25, 0.3) is 0 Å². The number of hydrogen-bond donors (Lipinski definition) is 1. The summed E-state index contributed by atoms with van der Waals surface area (Å²) in [6.07, 6.45) is -2.11. The minimum Gasteiger partial charge on any atom is -0.481 e. The number of aliphatic carboxylic acids is 1. The number of aryl methyl sites for hydroxylation is 1. The normalized spacial score (nSPS) is 11.2. The Balaban J connectivity index is 2.13. The molecule has 0 unspecified atom stereocenters. The zero-order valence-corrected chi connectivity index (χ0v) is 11.2. The van der Waals surface area contributed by atoms with E-state index >= 15 is 0 Å². The molecule has 0 amide bonds. The molecule has 0 aliphatic rings. The number of benzene rings is 1. The Bertz CT molecular complexity index is 657. The molecule has 0 fully saturated rings. The van der Waals surface area contributed by atoms with Crippen molar-refractivity contribution in [2.45, 2.75) is 19.0 Å². The fourth-order valence-electron chi connectivity index (χ4n) is 1.66. The van der Waals surface area contributed by atoms with E-state index < -0.39 is 17.7 Å². The largest absolute Gasteiger partial charge is 0.481 e. The van der Waals surface area contributed by atoms with Gasteiger partial charge in [-0.05, 0) is 12.1 Å². The van der Waals surface area contributed by atoms with Crippen molar-refractivity contribution in [2.75, 3.05) is 0 Å². The van der Waals surface area contributed by atoms with Crippen molar-refractivity contribution >= 4 is 5.97 Å². The molecule has 2 rings (SSSR count). The highest BCUT2D eigenvalue weighted by Gasteiger charge is 2.34. The fourth-order valence-corrected chi connectivity index (χ4v) is 1.66. The Morgan fingerprint density at radius 2 is 1.82 bits per heavy atom. The van der Waals surface area contributed by atoms with Crippen LogP contribution in [0.1, 0.15) is 17.8 Å². The molecule has 0 bridgehead atoms. The molecule has 0 atom stereocenters. The Morgan fingerprint density at radius 3 is 2.41 bits per heavy atom. The predicted octanol–water partition coefficient (Wildman–Crippen LogP) is 3.30. The Hall–Kier alpha value is -2.64.